The van der Waals surface area contributed by atoms with Crippen LogP contribution in [0, 0.1) is 0 Å². The molecule has 0 atom stereocenters. The van der Waals surface area contributed by atoms with E-state index >= 15 is 0 Å². The summed E-state index contributed by atoms with van der Waals surface area (Å²) in [4.78, 5) is 6.57. The largest absolute Gasteiger partial charge is 0.356 e. The second-order valence-corrected chi connectivity index (χ2v) is 5.53. The van der Waals surface area contributed by atoms with Crippen molar-refractivity contribution in [2.24, 2.45) is 0 Å². The van der Waals surface area contributed by atoms with Crippen molar-refractivity contribution in [3.63, 3.8) is 0 Å². The smallest absolute Gasteiger partial charge is 0.142 e. The topological polar surface area (TPSA) is 16.1 Å². The molecule has 5 heteroatoms. The van der Waals surface area contributed by atoms with E-state index in [9.17, 15) is 0 Å². The van der Waals surface area contributed by atoms with Gasteiger partial charge in [0.15, 0.2) is 0 Å². The molecular weight excluding hydrogens is 299 g/mol. The number of aromatic nitrogens is 1. The highest BCUT2D eigenvalue weighted by Gasteiger charge is 2.19. The van der Waals surface area contributed by atoms with Gasteiger partial charge in [-0.25, -0.2) is 4.98 Å². The fraction of sp³-hybridized carbons (Fsp3) is 0.500. The molecule has 15 heavy (non-hydrogen) atoms. The number of piperidine rings is 1. The van der Waals surface area contributed by atoms with E-state index in [1.165, 1.54) is 0 Å². The van der Waals surface area contributed by atoms with Gasteiger partial charge >= 0.3 is 0 Å². The Balaban J connectivity index is 2.15. The van der Waals surface area contributed by atoms with Crippen molar-refractivity contribution in [1.29, 1.82) is 0 Å². The Hall–Kier alpha value is 0.01000. The number of anilines is 1. The maximum absolute atomic E-state index is 6.05. The molecule has 0 bridgehead atoms. The summed E-state index contributed by atoms with van der Waals surface area (Å²) in [6.45, 7) is 1.92. The quantitative estimate of drug-likeness (QED) is 0.735. The first-order chi connectivity index (χ1) is 7.16. The third-order valence-electron chi connectivity index (χ3n) is 2.51. The van der Waals surface area contributed by atoms with E-state index in [2.05, 4.69) is 25.8 Å². The second-order valence-electron chi connectivity index (χ2n) is 3.62. The van der Waals surface area contributed by atoms with Gasteiger partial charge in [0.1, 0.15) is 5.82 Å². The molecule has 0 aliphatic carbocycles. The van der Waals surface area contributed by atoms with Crippen molar-refractivity contribution in [3.05, 3.63) is 21.8 Å². The summed E-state index contributed by atoms with van der Waals surface area (Å²) >= 11 is 15.4. The number of nitrogens with zero attached hydrogens (tertiary/aromatic N) is 2. The van der Waals surface area contributed by atoms with Gasteiger partial charge in [0.25, 0.3) is 0 Å². The van der Waals surface area contributed by atoms with Crippen LogP contribution >= 0.6 is 39.1 Å². The summed E-state index contributed by atoms with van der Waals surface area (Å²) in [5.41, 5.74) is 0. The van der Waals surface area contributed by atoms with Crippen molar-refractivity contribution >= 4 is 44.9 Å². The minimum absolute atomic E-state index is 0.312. The average Bonchev–Trinajstić information content (AvgIpc) is 2.20. The molecule has 0 amide bonds. The number of alkyl halides is 1. The molecule has 2 nitrogen and oxygen atoms in total. The standard InChI is InChI=1S/C10H11BrCl2N2/c11-9-5-8(13)6-14-10(9)15-3-1-7(12)2-4-15/h5-7H,1-4H2. The third-order valence-corrected chi connectivity index (χ3v) is 3.74. The molecule has 1 aromatic heterocycles. The van der Waals surface area contributed by atoms with Gasteiger partial charge in [0.05, 0.1) is 9.50 Å². The molecule has 1 aliphatic rings. The Morgan fingerprint density at radius 1 is 1.40 bits per heavy atom. The molecule has 1 aliphatic heterocycles. The van der Waals surface area contributed by atoms with Gasteiger partial charge in [-0.2, -0.15) is 0 Å². The predicted molar refractivity (Wildman–Crippen MR) is 68.0 cm³/mol. The molecule has 2 rings (SSSR count). The van der Waals surface area contributed by atoms with E-state index in [1.54, 1.807) is 6.20 Å². The lowest BCUT2D eigenvalue weighted by atomic mass is 10.1. The summed E-state index contributed by atoms with van der Waals surface area (Å²) in [7, 11) is 0. The second kappa shape index (κ2) is 4.89. The molecule has 0 spiro atoms. The lowest BCUT2D eigenvalue weighted by molar-refractivity contribution is 0.580. The summed E-state index contributed by atoms with van der Waals surface area (Å²) < 4.78 is 0.947. The van der Waals surface area contributed by atoms with Gasteiger partial charge in [-0.15, -0.1) is 11.6 Å². The third kappa shape index (κ3) is 2.77. The fourth-order valence-corrected chi connectivity index (χ4v) is 2.78. The van der Waals surface area contributed by atoms with Gasteiger partial charge < -0.3 is 4.90 Å². The van der Waals surface area contributed by atoms with Gasteiger partial charge in [-0.3, -0.25) is 0 Å². The van der Waals surface area contributed by atoms with Crippen molar-refractivity contribution < 1.29 is 0 Å². The summed E-state index contributed by atoms with van der Waals surface area (Å²) in [6.07, 6.45) is 3.70. The first-order valence-corrected chi connectivity index (χ1v) is 6.47. The summed E-state index contributed by atoms with van der Waals surface area (Å²) in [5, 5.41) is 0.963. The van der Waals surface area contributed by atoms with E-state index in [1.807, 2.05) is 6.07 Å². The van der Waals surface area contributed by atoms with Crippen LogP contribution in [-0.2, 0) is 0 Å². The van der Waals surface area contributed by atoms with E-state index in [0.29, 0.717) is 10.4 Å². The monoisotopic (exact) mass is 308 g/mol. The Labute approximate surface area is 108 Å². The predicted octanol–water partition coefficient (Wildman–Crippen LogP) is 3.71. The highest BCUT2D eigenvalue weighted by atomic mass is 79.9. The van der Waals surface area contributed by atoms with Crippen molar-refractivity contribution in [2.75, 3.05) is 18.0 Å². The van der Waals surface area contributed by atoms with E-state index in [0.717, 1.165) is 36.2 Å². The fourth-order valence-electron chi connectivity index (χ4n) is 1.70. The van der Waals surface area contributed by atoms with Crippen LogP contribution in [-0.4, -0.2) is 23.5 Å². The van der Waals surface area contributed by atoms with Crippen LogP contribution in [0.5, 0.6) is 0 Å². The summed E-state index contributed by atoms with van der Waals surface area (Å²) in [6, 6.07) is 1.87. The minimum atomic E-state index is 0.312. The number of hydrogen-bond donors (Lipinski definition) is 0. The van der Waals surface area contributed by atoms with Gasteiger partial charge in [-0.1, -0.05) is 11.6 Å². The van der Waals surface area contributed by atoms with Gasteiger partial charge in [0.2, 0.25) is 0 Å². The van der Waals surface area contributed by atoms with Crippen LogP contribution in [0.3, 0.4) is 0 Å². The van der Waals surface area contributed by atoms with Crippen molar-refractivity contribution in [2.45, 2.75) is 18.2 Å². The van der Waals surface area contributed by atoms with Crippen LogP contribution < -0.4 is 4.90 Å². The maximum atomic E-state index is 6.05. The van der Waals surface area contributed by atoms with Gasteiger partial charge in [0, 0.05) is 24.7 Å². The zero-order chi connectivity index (χ0) is 10.8. The normalized spacial score (nSPS) is 18.2. The molecular formula is C10H11BrCl2N2. The van der Waals surface area contributed by atoms with Crippen LogP contribution in [0.25, 0.3) is 0 Å². The number of pyridine rings is 1. The van der Waals surface area contributed by atoms with Crippen LogP contribution in [0.4, 0.5) is 5.82 Å². The Morgan fingerprint density at radius 3 is 2.67 bits per heavy atom. The molecule has 0 N–H and O–H groups in total. The molecule has 82 valence electrons. The highest BCUT2D eigenvalue weighted by Crippen LogP contribution is 2.29. The van der Waals surface area contributed by atoms with Crippen LogP contribution in [0.15, 0.2) is 16.7 Å². The Kier molecular flexibility index (Phi) is 3.75. The highest BCUT2D eigenvalue weighted by molar-refractivity contribution is 9.10. The Bertz CT molecular complexity index is 351. The first kappa shape index (κ1) is 11.5. The molecule has 0 aromatic carbocycles. The molecule has 1 aromatic rings. The molecule has 0 unspecified atom stereocenters. The lowest BCUT2D eigenvalue weighted by Gasteiger charge is -2.30. The molecule has 0 saturated carbocycles. The van der Waals surface area contributed by atoms with Crippen LogP contribution in [0.1, 0.15) is 12.8 Å². The molecule has 2 heterocycles. The molecule has 0 radical (unpaired) electrons. The minimum Gasteiger partial charge on any atom is -0.356 e. The average molecular weight is 310 g/mol. The number of halogens is 3. The lowest BCUT2D eigenvalue weighted by Crippen LogP contribution is -2.34. The maximum Gasteiger partial charge on any atom is 0.142 e. The Morgan fingerprint density at radius 2 is 2.07 bits per heavy atom. The van der Waals surface area contributed by atoms with E-state index in [-0.39, 0.29) is 0 Å². The zero-order valence-corrected chi connectivity index (χ0v) is 11.2. The van der Waals surface area contributed by atoms with Crippen LogP contribution in [0.2, 0.25) is 5.02 Å². The summed E-state index contributed by atoms with van der Waals surface area (Å²) in [5.74, 6) is 0.961. The van der Waals surface area contributed by atoms with Crippen molar-refractivity contribution in [1.82, 2.24) is 4.98 Å². The van der Waals surface area contributed by atoms with E-state index < -0.39 is 0 Å². The number of hydrogen-bond acceptors (Lipinski definition) is 2. The molecule has 1 saturated heterocycles. The van der Waals surface area contributed by atoms with Crippen molar-refractivity contribution in [3.8, 4) is 0 Å². The zero-order valence-electron chi connectivity index (χ0n) is 8.09. The number of rotatable bonds is 1. The van der Waals surface area contributed by atoms with E-state index in [4.69, 9.17) is 23.2 Å². The first-order valence-electron chi connectivity index (χ1n) is 4.87. The molecule has 1 fully saturated rings. The van der Waals surface area contributed by atoms with Gasteiger partial charge in [-0.05, 0) is 34.8 Å². The SMILES string of the molecule is Clc1cnc(N2CCC(Cl)CC2)c(Br)c1.